The first-order chi connectivity index (χ1) is 11.4. The highest BCUT2D eigenvalue weighted by atomic mass is 16.2. The van der Waals surface area contributed by atoms with Gasteiger partial charge in [0.05, 0.1) is 23.6 Å². The van der Waals surface area contributed by atoms with Crippen molar-refractivity contribution in [3.8, 4) is 6.07 Å². The molecule has 2 atom stereocenters. The van der Waals surface area contributed by atoms with Crippen molar-refractivity contribution in [2.45, 2.75) is 32.7 Å². The van der Waals surface area contributed by atoms with Gasteiger partial charge in [-0.15, -0.1) is 0 Å². The molecule has 1 aromatic rings. The van der Waals surface area contributed by atoms with Crippen LogP contribution in [0.1, 0.15) is 47.4 Å². The van der Waals surface area contributed by atoms with Crippen LogP contribution in [0.2, 0.25) is 0 Å². The molecule has 0 bridgehead atoms. The summed E-state index contributed by atoms with van der Waals surface area (Å²) in [7, 11) is 1.59. The first kappa shape index (κ1) is 17.7. The fourth-order valence-corrected chi connectivity index (χ4v) is 2.85. The summed E-state index contributed by atoms with van der Waals surface area (Å²) in [6.07, 6.45) is 0.855. The van der Waals surface area contributed by atoms with Crippen molar-refractivity contribution in [2.75, 3.05) is 13.6 Å². The second kappa shape index (κ2) is 7.26. The fourth-order valence-electron chi connectivity index (χ4n) is 2.85. The van der Waals surface area contributed by atoms with E-state index in [1.807, 2.05) is 19.9 Å². The smallest absolute Gasteiger partial charge is 0.262 e. The maximum Gasteiger partial charge on any atom is 0.262 e. The van der Waals surface area contributed by atoms with Crippen LogP contribution in [0.4, 0.5) is 0 Å². The predicted octanol–water partition coefficient (Wildman–Crippen LogP) is 2.07. The number of rotatable bonds is 6. The number of carbonyl (C=O) groups excluding carboxylic acids is 3. The van der Waals surface area contributed by atoms with Crippen LogP contribution >= 0.6 is 0 Å². The summed E-state index contributed by atoms with van der Waals surface area (Å²) in [6, 6.07) is 7.75. The SMILES string of the molecule is CCC(C)C(C(=O)N(C)CCC#N)N1C(=O)c2ccccc2C1=O. The molecule has 1 aromatic carbocycles. The number of carbonyl (C=O) groups is 3. The van der Waals surface area contributed by atoms with E-state index in [4.69, 9.17) is 5.26 Å². The summed E-state index contributed by atoms with van der Waals surface area (Å²) in [5.74, 6) is -1.34. The number of likely N-dealkylation sites (N-methyl/N-ethyl adjacent to an activating group) is 1. The third kappa shape index (κ3) is 3.02. The molecule has 0 saturated heterocycles. The minimum absolute atomic E-state index is 0.177. The van der Waals surface area contributed by atoms with E-state index in [2.05, 4.69) is 0 Å². The number of hydrogen-bond acceptors (Lipinski definition) is 4. The van der Waals surface area contributed by atoms with Crippen molar-refractivity contribution in [1.29, 1.82) is 5.26 Å². The van der Waals surface area contributed by atoms with Crippen LogP contribution in [0.5, 0.6) is 0 Å². The second-order valence-corrected chi connectivity index (χ2v) is 6.02. The lowest BCUT2D eigenvalue weighted by atomic mass is 9.96. The highest BCUT2D eigenvalue weighted by Gasteiger charge is 2.45. The highest BCUT2D eigenvalue weighted by Crippen LogP contribution is 2.28. The molecular formula is C18H21N3O3. The molecule has 6 nitrogen and oxygen atoms in total. The zero-order chi connectivity index (χ0) is 17.9. The van der Waals surface area contributed by atoms with Gasteiger partial charge in [0, 0.05) is 13.6 Å². The lowest BCUT2D eigenvalue weighted by Gasteiger charge is -2.32. The molecular weight excluding hydrogens is 306 g/mol. The van der Waals surface area contributed by atoms with E-state index < -0.39 is 17.9 Å². The van der Waals surface area contributed by atoms with E-state index in [0.29, 0.717) is 17.5 Å². The molecule has 126 valence electrons. The maximum absolute atomic E-state index is 12.8. The van der Waals surface area contributed by atoms with Crippen molar-refractivity contribution in [2.24, 2.45) is 5.92 Å². The quantitative estimate of drug-likeness (QED) is 0.749. The van der Waals surface area contributed by atoms with E-state index in [1.165, 1.54) is 4.90 Å². The van der Waals surface area contributed by atoms with Crippen molar-refractivity contribution >= 4 is 17.7 Å². The predicted molar refractivity (Wildman–Crippen MR) is 88.1 cm³/mol. The number of fused-ring (bicyclic) bond motifs is 1. The van der Waals surface area contributed by atoms with E-state index in [9.17, 15) is 14.4 Å². The van der Waals surface area contributed by atoms with E-state index in [-0.39, 0.29) is 24.8 Å². The molecule has 0 N–H and O–H groups in total. The summed E-state index contributed by atoms with van der Waals surface area (Å²) in [4.78, 5) is 40.7. The van der Waals surface area contributed by atoms with Crippen LogP contribution < -0.4 is 0 Å². The van der Waals surface area contributed by atoms with Crippen LogP contribution in [-0.2, 0) is 4.79 Å². The maximum atomic E-state index is 12.8. The van der Waals surface area contributed by atoms with Gasteiger partial charge in [0.25, 0.3) is 11.8 Å². The summed E-state index contributed by atoms with van der Waals surface area (Å²) in [5, 5.41) is 8.70. The first-order valence-corrected chi connectivity index (χ1v) is 8.02. The summed E-state index contributed by atoms with van der Waals surface area (Å²) in [6.45, 7) is 4.04. The Bertz CT molecular complexity index is 673. The molecule has 0 radical (unpaired) electrons. The van der Waals surface area contributed by atoms with Gasteiger partial charge in [-0.2, -0.15) is 5.26 Å². The molecule has 24 heavy (non-hydrogen) atoms. The largest absolute Gasteiger partial charge is 0.343 e. The minimum Gasteiger partial charge on any atom is -0.343 e. The summed E-state index contributed by atoms with van der Waals surface area (Å²) >= 11 is 0. The van der Waals surface area contributed by atoms with E-state index in [1.54, 1.807) is 31.3 Å². The molecule has 0 fully saturated rings. The molecule has 1 aliphatic heterocycles. The molecule has 0 saturated carbocycles. The molecule has 1 heterocycles. The van der Waals surface area contributed by atoms with Gasteiger partial charge < -0.3 is 4.90 Å². The standard InChI is InChI=1S/C18H21N3O3/c1-4-12(2)15(18(24)20(3)11-7-10-19)21-16(22)13-8-5-6-9-14(13)17(21)23/h5-6,8-9,12,15H,4,7,11H2,1-3H3. The first-order valence-electron chi connectivity index (χ1n) is 8.02. The Morgan fingerprint density at radius 3 is 2.25 bits per heavy atom. The molecule has 0 spiro atoms. The topological polar surface area (TPSA) is 81.5 Å². The third-order valence-electron chi connectivity index (χ3n) is 4.47. The number of hydrogen-bond donors (Lipinski definition) is 0. The van der Waals surface area contributed by atoms with Gasteiger partial charge in [0.1, 0.15) is 6.04 Å². The van der Waals surface area contributed by atoms with E-state index >= 15 is 0 Å². The lowest BCUT2D eigenvalue weighted by molar-refractivity contribution is -0.135. The van der Waals surface area contributed by atoms with Gasteiger partial charge in [-0.05, 0) is 18.1 Å². The Labute approximate surface area is 141 Å². The van der Waals surface area contributed by atoms with Crippen LogP contribution in [0.25, 0.3) is 0 Å². The van der Waals surface area contributed by atoms with E-state index in [0.717, 1.165) is 4.90 Å². The molecule has 0 aliphatic carbocycles. The normalized spacial score (nSPS) is 15.7. The van der Waals surface area contributed by atoms with Gasteiger partial charge in [0.15, 0.2) is 0 Å². The van der Waals surface area contributed by atoms with Gasteiger partial charge in [-0.3, -0.25) is 19.3 Å². The summed E-state index contributed by atoms with van der Waals surface area (Å²) in [5.41, 5.74) is 0.673. The van der Waals surface area contributed by atoms with Gasteiger partial charge in [0.2, 0.25) is 5.91 Å². The fraction of sp³-hybridized carbons (Fsp3) is 0.444. The van der Waals surface area contributed by atoms with Crippen molar-refractivity contribution < 1.29 is 14.4 Å². The van der Waals surface area contributed by atoms with Crippen LogP contribution in [-0.4, -0.2) is 47.2 Å². The Kier molecular flexibility index (Phi) is 5.35. The average Bonchev–Trinajstić information content (AvgIpc) is 2.85. The van der Waals surface area contributed by atoms with Gasteiger partial charge in [-0.1, -0.05) is 32.4 Å². The highest BCUT2D eigenvalue weighted by molar-refractivity contribution is 6.22. The van der Waals surface area contributed by atoms with Crippen LogP contribution in [0.15, 0.2) is 24.3 Å². The Morgan fingerprint density at radius 1 is 1.25 bits per heavy atom. The number of imide groups is 1. The van der Waals surface area contributed by atoms with Crippen molar-refractivity contribution in [3.63, 3.8) is 0 Å². The third-order valence-corrected chi connectivity index (χ3v) is 4.47. The van der Waals surface area contributed by atoms with Gasteiger partial charge in [-0.25, -0.2) is 0 Å². The zero-order valence-electron chi connectivity index (χ0n) is 14.2. The van der Waals surface area contributed by atoms with Crippen molar-refractivity contribution in [3.05, 3.63) is 35.4 Å². The molecule has 2 rings (SSSR count). The van der Waals surface area contributed by atoms with Crippen LogP contribution in [0.3, 0.4) is 0 Å². The molecule has 1 aliphatic rings. The number of nitrogens with zero attached hydrogens (tertiary/aromatic N) is 3. The van der Waals surface area contributed by atoms with Crippen molar-refractivity contribution in [1.82, 2.24) is 9.80 Å². The van der Waals surface area contributed by atoms with Crippen LogP contribution in [0, 0.1) is 17.2 Å². The molecule has 2 unspecified atom stereocenters. The summed E-state index contributed by atoms with van der Waals surface area (Å²) < 4.78 is 0. The molecule has 6 heteroatoms. The number of benzene rings is 1. The second-order valence-electron chi connectivity index (χ2n) is 6.02. The number of nitriles is 1. The number of amides is 3. The molecule has 0 aromatic heterocycles. The Morgan fingerprint density at radius 2 is 1.79 bits per heavy atom. The molecule has 3 amide bonds. The minimum atomic E-state index is -0.855. The lowest BCUT2D eigenvalue weighted by Crippen LogP contribution is -2.53. The Balaban J connectivity index is 2.37. The Hall–Kier alpha value is -2.68. The van der Waals surface area contributed by atoms with Gasteiger partial charge >= 0.3 is 0 Å². The average molecular weight is 327 g/mol. The monoisotopic (exact) mass is 327 g/mol. The zero-order valence-corrected chi connectivity index (χ0v) is 14.2.